The summed E-state index contributed by atoms with van der Waals surface area (Å²) in [6, 6.07) is 23.2. The third-order valence-electron chi connectivity index (χ3n) is 4.76. The third-order valence-corrected chi connectivity index (χ3v) is 4.76. The molecule has 0 unspecified atom stereocenters. The summed E-state index contributed by atoms with van der Waals surface area (Å²) in [6.07, 6.45) is 4.40. The van der Waals surface area contributed by atoms with E-state index < -0.39 is 0 Å². The predicted octanol–water partition coefficient (Wildman–Crippen LogP) is 5.24. The van der Waals surface area contributed by atoms with Crippen LogP contribution in [0, 0.1) is 6.92 Å². The molecule has 0 atom stereocenters. The van der Waals surface area contributed by atoms with Crippen LogP contribution in [0.15, 0.2) is 85.3 Å². The van der Waals surface area contributed by atoms with Crippen LogP contribution < -0.4 is 16.0 Å². The quantitative estimate of drug-likeness (QED) is 0.358. The van der Waals surface area contributed by atoms with Crippen molar-refractivity contribution in [3.05, 3.63) is 96.4 Å². The fraction of sp³-hybridized carbons (Fsp3) is 0.120. The molecule has 0 fully saturated rings. The minimum Gasteiger partial charge on any atom is -0.340 e. The largest absolute Gasteiger partial charge is 0.340 e. The smallest absolute Gasteiger partial charge is 0.224 e. The van der Waals surface area contributed by atoms with Gasteiger partial charge < -0.3 is 16.0 Å². The molecule has 2 aromatic heterocycles. The van der Waals surface area contributed by atoms with Gasteiger partial charge in [-0.25, -0.2) is 15.0 Å². The Balaban J connectivity index is 1.32. The van der Waals surface area contributed by atoms with Gasteiger partial charge in [0.1, 0.15) is 23.8 Å². The standard InChI is InChI=1S/C25H24N6O/c1-18-13-14-26-22(15-18)31-24-16-23(27-17-28-24)29-20-8-10-21(11-9-20)30-25(32)12-7-19-5-3-2-4-6-19/h2-6,8-11,13-17H,7,12H2,1H3,(H,30,32)(H2,26,27,28,29,31). The van der Waals surface area contributed by atoms with E-state index in [0.29, 0.717) is 24.5 Å². The molecule has 7 nitrogen and oxygen atoms in total. The van der Waals surface area contributed by atoms with Gasteiger partial charge in [-0.05, 0) is 60.9 Å². The summed E-state index contributed by atoms with van der Waals surface area (Å²) < 4.78 is 0. The number of hydrogen-bond acceptors (Lipinski definition) is 6. The number of carbonyl (C=O) groups is 1. The van der Waals surface area contributed by atoms with Crippen LogP contribution in [-0.2, 0) is 11.2 Å². The van der Waals surface area contributed by atoms with E-state index in [1.165, 1.54) is 6.33 Å². The maximum Gasteiger partial charge on any atom is 0.224 e. The molecule has 0 spiro atoms. The maximum absolute atomic E-state index is 12.2. The zero-order chi connectivity index (χ0) is 22.2. The van der Waals surface area contributed by atoms with Crippen LogP contribution in [0.5, 0.6) is 0 Å². The molecule has 3 N–H and O–H groups in total. The van der Waals surface area contributed by atoms with Gasteiger partial charge in [0.2, 0.25) is 5.91 Å². The summed E-state index contributed by atoms with van der Waals surface area (Å²) in [4.78, 5) is 25.0. The highest BCUT2D eigenvalue weighted by Gasteiger charge is 2.05. The van der Waals surface area contributed by atoms with Crippen LogP contribution >= 0.6 is 0 Å². The number of nitrogens with zero attached hydrogens (tertiary/aromatic N) is 3. The van der Waals surface area contributed by atoms with Crippen LogP contribution in [0.25, 0.3) is 0 Å². The molecule has 2 aromatic carbocycles. The van der Waals surface area contributed by atoms with Gasteiger partial charge >= 0.3 is 0 Å². The molecule has 0 saturated heterocycles. The van der Waals surface area contributed by atoms with Gasteiger partial charge in [0.25, 0.3) is 0 Å². The van der Waals surface area contributed by atoms with Crippen molar-refractivity contribution in [3.63, 3.8) is 0 Å². The number of benzene rings is 2. The van der Waals surface area contributed by atoms with Crippen LogP contribution in [0.1, 0.15) is 17.5 Å². The molecule has 0 aliphatic heterocycles. The van der Waals surface area contributed by atoms with Crippen LogP contribution in [-0.4, -0.2) is 20.9 Å². The molecule has 0 bridgehead atoms. The fourth-order valence-corrected chi connectivity index (χ4v) is 3.14. The fourth-order valence-electron chi connectivity index (χ4n) is 3.14. The summed E-state index contributed by atoms with van der Waals surface area (Å²) >= 11 is 0. The number of aryl methyl sites for hydroxylation is 2. The number of carbonyl (C=O) groups excluding carboxylic acids is 1. The Morgan fingerprint density at radius 1 is 0.781 bits per heavy atom. The van der Waals surface area contributed by atoms with Crippen molar-refractivity contribution in [1.29, 1.82) is 0 Å². The van der Waals surface area contributed by atoms with Gasteiger partial charge in [0.15, 0.2) is 0 Å². The molecular formula is C25H24N6O. The number of pyridine rings is 1. The average Bonchev–Trinajstić information content (AvgIpc) is 2.80. The van der Waals surface area contributed by atoms with Gasteiger partial charge in [-0.3, -0.25) is 4.79 Å². The summed E-state index contributed by atoms with van der Waals surface area (Å²) in [5.74, 6) is 2.01. The number of amides is 1. The minimum absolute atomic E-state index is 0.00848. The summed E-state index contributed by atoms with van der Waals surface area (Å²) in [5, 5.41) is 9.35. The number of rotatable bonds is 8. The zero-order valence-electron chi connectivity index (χ0n) is 17.7. The van der Waals surface area contributed by atoms with E-state index in [9.17, 15) is 4.79 Å². The van der Waals surface area contributed by atoms with Crippen molar-refractivity contribution in [2.45, 2.75) is 19.8 Å². The molecule has 0 radical (unpaired) electrons. The van der Waals surface area contributed by atoms with E-state index in [-0.39, 0.29) is 5.91 Å². The maximum atomic E-state index is 12.2. The second-order valence-corrected chi connectivity index (χ2v) is 7.37. The molecule has 4 aromatic rings. The summed E-state index contributed by atoms with van der Waals surface area (Å²) in [6.45, 7) is 2.01. The van der Waals surface area contributed by atoms with Gasteiger partial charge in [-0.2, -0.15) is 0 Å². The lowest BCUT2D eigenvalue weighted by molar-refractivity contribution is -0.116. The van der Waals surface area contributed by atoms with Crippen LogP contribution in [0.3, 0.4) is 0 Å². The number of hydrogen-bond donors (Lipinski definition) is 3. The molecule has 2 heterocycles. The average molecular weight is 425 g/mol. The summed E-state index contributed by atoms with van der Waals surface area (Å²) in [7, 11) is 0. The zero-order valence-corrected chi connectivity index (χ0v) is 17.7. The van der Waals surface area contributed by atoms with Crippen LogP contribution in [0.2, 0.25) is 0 Å². The number of nitrogens with one attached hydrogen (secondary N) is 3. The molecule has 0 aliphatic rings. The normalized spacial score (nSPS) is 10.4. The first-order valence-electron chi connectivity index (χ1n) is 10.4. The molecule has 1 amide bonds. The van der Waals surface area contributed by atoms with Crippen LogP contribution in [0.4, 0.5) is 28.8 Å². The SMILES string of the molecule is Cc1ccnc(Nc2cc(Nc3ccc(NC(=O)CCc4ccccc4)cc3)ncn2)c1. The van der Waals surface area contributed by atoms with E-state index >= 15 is 0 Å². The van der Waals surface area contributed by atoms with E-state index in [1.807, 2.05) is 79.7 Å². The van der Waals surface area contributed by atoms with Crippen molar-refractivity contribution >= 4 is 34.7 Å². The molecule has 160 valence electrons. The Morgan fingerprint density at radius 3 is 2.22 bits per heavy atom. The Bertz CT molecular complexity index is 1180. The van der Waals surface area contributed by atoms with Crippen molar-refractivity contribution in [2.24, 2.45) is 0 Å². The highest BCUT2D eigenvalue weighted by atomic mass is 16.1. The lowest BCUT2D eigenvalue weighted by Crippen LogP contribution is -2.12. The number of anilines is 5. The molecule has 4 rings (SSSR count). The Kier molecular flexibility index (Phi) is 6.67. The first kappa shape index (κ1) is 21.0. The molecule has 0 aliphatic carbocycles. The van der Waals surface area contributed by atoms with E-state index in [1.54, 1.807) is 6.20 Å². The van der Waals surface area contributed by atoms with Crippen molar-refractivity contribution in [3.8, 4) is 0 Å². The van der Waals surface area contributed by atoms with E-state index in [0.717, 1.165) is 28.3 Å². The van der Waals surface area contributed by atoms with E-state index in [2.05, 4.69) is 30.9 Å². The first-order chi connectivity index (χ1) is 15.6. The molecule has 7 heteroatoms. The Labute approximate surface area is 187 Å². The number of aromatic nitrogens is 3. The first-order valence-corrected chi connectivity index (χ1v) is 10.4. The lowest BCUT2D eigenvalue weighted by atomic mass is 10.1. The van der Waals surface area contributed by atoms with Gasteiger partial charge in [-0.15, -0.1) is 0 Å². The monoisotopic (exact) mass is 424 g/mol. The van der Waals surface area contributed by atoms with E-state index in [4.69, 9.17) is 0 Å². The minimum atomic E-state index is -0.00848. The van der Waals surface area contributed by atoms with Gasteiger partial charge in [0, 0.05) is 30.1 Å². The molecule has 0 saturated carbocycles. The molecule has 32 heavy (non-hydrogen) atoms. The molecular weight excluding hydrogens is 400 g/mol. The second kappa shape index (κ2) is 10.2. The van der Waals surface area contributed by atoms with Crippen molar-refractivity contribution < 1.29 is 4.79 Å². The van der Waals surface area contributed by atoms with Gasteiger partial charge in [-0.1, -0.05) is 30.3 Å². The Hall–Kier alpha value is -4.26. The second-order valence-electron chi connectivity index (χ2n) is 7.37. The predicted molar refractivity (Wildman–Crippen MR) is 127 cm³/mol. The topological polar surface area (TPSA) is 91.8 Å². The lowest BCUT2D eigenvalue weighted by Gasteiger charge is -2.10. The van der Waals surface area contributed by atoms with Crippen molar-refractivity contribution in [1.82, 2.24) is 15.0 Å². The highest BCUT2D eigenvalue weighted by Crippen LogP contribution is 2.20. The van der Waals surface area contributed by atoms with Crippen molar-refractivity contribution in [2.75, 3.05) is 16.0 Å². The highest BCUT2D eigenvalue weighted by molar-refractivity contribution is 5.91. The summed E-state index contributed by atoms with van der Waals surface area (Å²) in [5.41, 5.74) is 3.87. The third kappa shape index (κ3) is 6.12. The Morgan fingerprint density at radius 2 is 1.47 bits per heavy atom. The van der Waals surface area contributed by atoms with Gasteiger partial charge in [0.05, 0.1) is 0 Å².